The maximum Gasteiger partial charge on any atom is 0.488 e. The number of nitrogens with zero attached hydrogens (tertiary/aromatic N) is 3. The molecule has 3 aromatic heterocycles. The van der Waals surface area contributed by atoms with Crippen molar-refractivity contribution >= 4 is 29.8 Å². The van der Waals surface area contributed by atoms with Crippen molar-refractivity contribution < 1.29 is 14.8 Å². The molecule has 0 bridgehead atoms. The maximum absolute atomic E-state index is 11.8. The molecule has 1 aromatic carbocycles. The first-order valence-electron chi connectivity index (χ1n) is 9.78. The van der Waals surface area contributed by atoms with Gasteiger partial charge in [-0.15, -0.1) is 0 Å². The lowest BCUT2D eigenvalue weighted by molar-refractivity contribution is 0.0994. The fraction of sp³-hybridized carbons (Fsp3) is 0.136. The zero-order chi connectivity index (χ0) is 22.1. The average molecular weight is 415 g/mol. The van der Waals surface area contributed by atoms with Gasteiger partial charge in [-0.1, -0.05) is 30.3 Å². The van der Waals surface area contributed by atoms with Crippen LogP contribution in [0.5, 0.6) is 0 Å². The molecule has 0 saturated carbocycles. The van der Waals surface area contributed by atoms with Crippen LogP contribution in [0.25, 0.3) is 16.9 Å². The number of benzene rings is 1. The number of carbonyl (C=O) groups is 1. The first kappa shape index (κ1) is 20.6. The summed E-state index contributed by atoms with van der Waals surface area (Å²) in [5.74, 6) is 0.702. The smallest absolute Gasteiger partial charge is 0.423 e. The number of aromatic nitrogens is 3. The van der Waals surface area contributed by atoms with Crippen molar-refractivity contribution in [3.63, 3.8) is 0 Å². The van der Waals surface area contributed by atoms with Gasteiger partial charge < -0.3 is 25.5 Å². The second-order valence-electron chi connectivity index (χ2n) is 7.42. The summed E-state index contributed by atoms with van der Waals surface area (Å²) < 4.78 is 1.76. The Morgan fingerprint density at radius 3 is 2.68 bits per heavy atom. The molecule has 0 radical (unpaired) electrons. The third kappa shape index (κ3) is 4.01. The van der Waals surface area contributed by atoms with Crippen LogP contribution in [0.4, 0.5) is 5.82 Å². The Bertz CT molecular complexity index is 1290. The van der Waals surface area contributed by atoms with Crippen molar-refractivity contribution in [1.29, 1.82) is 0 Å². The van der Waals surface area contributed by atoms with E-state index in [0.29, 0.717) is 29.3 Å². The predicted molar refractivity (Wildman–Crippen MR) is 120 cm³/mol. The molecule has 3 heterocycles. The normalized spacial score (nSPS) is 11.0. The fourth-order valence-electron chi connectivity index (χ4n) is 3.61. The lowest BCUT2D eigenvalue weighted by atomic mass is 9.80. The Kier molecular flexibility index (Phi) is 5.45. The number of rotatable bonds is 6. The van der Waals surface area contributed by atoms with E-state index in [-0.39, 0.29) is 0 Å². The molecule has 0 atom stereocenters. The summed E-state index contributed by atoms with van der Waals surface area (Å²) >= 11 is 0. The van der Waals surface area contributed by atoms with Crippen molar-refractivity contribution in [1.82, 2.24) is 14.4 Å². The molecule has 5 N–H and O–H groups in total. The number of nitrogens with one attached hydrogen (secondary N) is 1. The van der Waals surface area contributed by atoms with Gasteiger partial charge in [-0.05, 0) is 42.6 Å². The second-order valence-corrected chi connectivity index (χ2v) is 7.42. The summed E-state index contributed by atoms with van der Waals surface area (Å²) in [5.41, 5.74) is 10.7. The topological polar surface area (TPSA) is 126 Å². The highest BCUT2D eigenvalue weighted by molar-refractivity contribution is 6.58. The van der Waals surface area contributed by atoms with Crippen LogP contribution in [-0.4, -0.2) is 37.4 Å². The van der Waals surface area contributed by atoms with E-state index in [2.05, 4.69) is 10.3 Å². The molecular formula is C22H22BN5O3. The van der Waals surface area contributed by atoms with Gasteiger partial charge in [-0.25, -0.2) is 9.97 Å². The van der Waals surface area contributed by atoms with E-state index in [9.17, 15) is 14.8 Å². The Labute approximate surface area is 179 Å². The minimum atomic E-state index is -1.51. The molecule has 9 heteroatoms. The molecule has 0 aliphatic carbocycles. The van der Waals surface area contributed by atoms with Crippen LogP contribution in [0.2, 0.25) is 0 Å². The summed E-state index contributed by atoms with van der Waals surface area (Å²) in [7, 11) is -1.51. The van der Waals surface area contributed by atoms with Crippen LogP contribution >= 0.6 is 0 Å². The van der Waals surface area contributed by atoms with E-state index in [1.54, 1.807) is 40.9 Å². The van der Waals surface area contributed by atoms with Gasteiger partial charge >= 0.3 is 7.12 Å². The van der Waals surface area contributed by atoms with E-state index < -0.39 is 13.0 Å². The summed E-state index contributed by atoms with van der Waals surface area (Å²) in [6, 6.07) is 12.4. The molecule has 0 spiro atoms. The molecule has 156 valence electrons. The number of pyridine rings is 1. The third-order valence-corrected chi connectivity index (χ3v) is 5.16. The molecule has 0 unspecified atom stereocenters. The fourth-order valence-corrected chi connectivity index (χ4v) is 3.61. The van der Waals surface area contributed by atoms with Gasteiger partial charge in [0.2, 0.25) is 0 Å². The zero-order valence-electron chi connectivity index (χ0n) is 17.2. The highest BCUT2D eigenvalue weighted by Crippen LogP contribution is 2.29. The number of nitrogens with two attached hydrogens (primary N) is 1. The van der Waals surface area contributed by atoms with E-state index in [4.69, 9.17) is 10.7 Å². The van der Waals surface area contributed by atoms with Gasteiger partial charge in [0.1, 0.15) is 11.5 Å². The SMILES string of the molecule is Cc1cnc(-c2c(C)cn3c(C(N)=O)cccc23)nc1NCc1cccc(B(O)O)c1. The molecule has 0 aliphatic heterocycles. The maximum atomic E-state index is 11.8. The van der Waals surface area contributed by atoms with Gasteiger partial charge in [-0.3, -0.25) is 4.79 Å². The number of hydrogen-bond acceptors (Lipinski definition) is 6. The molecule has 8 nitrogen and oxygen atoms in total. The highest BCUT2D eigenvalue weighted by Gasteiger charge is 2.17. The number of aryl methyl sites for hydroxylation is 2. The van der Waals surface area contributed by atoms with E-state index in [1.807, 2.05) is 32.2 Å². The van der Waals surface area contributed by atoms with Gasteiger partial charge in [0.05, 0.1) is 5.52 Å². The number of primary amides is 1. The number of carbonyl (C=O) groups excluding carboxylic acids is 1. The van der Waals surface area contributed by atoms with Crippen molar-refractivity contribution in [2.75, 3.05) is 5.32 Å². The number of anilines is 1. The van der Waals surface area contributed by atoms with Gasteiger partial charge in [0, 0.05) is 30.1 Å². The summed E-state index contributed by atoms with van der Waals surface area (Å²) in [4.78, 5) is 21.0. The van der Waals surface area contributed by atoms with Crippen molar-refractivity contribution in [3.05, 3.63) is 77.2 Å². The Morgan fingerprint density at radius 1 is 1.16 bits per heavy atom. The van der Waals surface area contributed by atoms with Crippen LogP contribution in [-0.2, 0) is 6.54 Å². The van der Waals surface area contributed by atoms with Crippen LogP contribution < -0.4 is 16.5 Å². The second kappa shape index (κ2) is 8.21. The van der Waals surface area contributed by atoms with Crippen molar-refractivity contribution in [2.45, 2.75) is 20.4 Å². The monoisotopic (exact) mass is 415 g/mol. The van der Waals surface area contributed by atoms with Gasteiger partial charge in [0.25, 0.3) is 5.91 Å². The first-order valence-corrected chi connectivity index (χ1v) is 9.78. The Hall–Kier alpha value is -3.69. The lowest BCUT2D eigenvalue weighted by Gasteiger charge is -2.11. The minimum Gasteiger partial charge on any atom is -0.423 e. The van der Waals surface area contributed by atoms with Crippen molar-refractivity contribution in [2.24, 2.45) is 5.73 Å². The van der Waals surface area contributed by atoms with Crippen LogP contribution in [0.1, 0.15) is 27.2 Å². The molecule has 0 aliphatic rings. The summed E-state index contributed by atoms with van der Waals surface area (Å²) in [6.07, 6.45) is 3.60. The average Bonchev–Trinajstić information content (AvgIpc) is 3.09. The number of hydrogen-bond donors (Lipinski definition) is 4. The quantitative estimate of drug-likeness (QED) is 0.353. The van der Waals surface area contributed by atoms with Crippen LogP contribution in [0.15, 0.2) is 54.9 Å². The van der Waals surface area contributed by atoms with Crippen LogP contribution in [0, 0.1) is 13.8 Å². The molecule has 4 aromatic rings. The Balaban J connectivity index is 1.69. The Morgan fingerprint density at radius 2 is 1.94 bits per heavy atom. The largest absolute Gasteiger partial charge is 0.488 e. The van der Waals surface area contributed by atoms with Gasteiger partial charge in [0.15, 0.2) is 5.82 Å². The van der Waals surface area contributed by atoms with Crippen LogP contribution in [0.3, 0.4) is 0 Å². The van der Waals surface area contributed by atoms with E-state index >= 15 is 0 Å². The van der Waals surface area contributed by atoms with Gasteiger partial charge in [-0.2, -0.15) is 0 Å². The number of amides is 1. The first-order chi connectivity index (χ1) is 14.8. The predicted octanol–water partition coefficient (Wildman–Crippen LogP) is 1.40. The summed E-state index contributed by atoms with van der Waals surface area (Å²) in [5, 5.41) is 22.0. The molecule has 0 fully saturated rings. The minimum absolute atomic E-state index is 0.392. The van der Waals surface area contributed by atoms with Crippen molar-refractivity contribution in [3.8, 4) is 11.4 Å². The summed E-state index contributed by atoms with van der Waals surface area (Å²) in [6.45, 7) is 4.31. The molecule has 0 saturated heterocycles. The molecule has 1 amide bonds. The highest BCUT2D eigenvalue weighted by atomic mass is 16.4. The third-order valence-electron chi connectivity index (χ3n) is 5.16. The molecule has 31 heavy (non-hydrogen) atoms. The van der Waals surface area contributed by atoms with E-state index in [0.717, 1.165) is 27.8 Å². The zero-order valence-corrected chi connectivity index (χ0v) is 17.2. The lowest BCUT2D eigenvalue weighted by Crippen LogP contribution is -2.30. The standard InChI is InChI=1S/C22H22BN5O3/c1-13-10-25-22(19-14(2)12-28-17(19)7-4-8-18(28)20(24)29)27-21(13)26-11-15-5-3-6-16(9-15)23(30)31/h3-10,12,30-31H,11H2,1-2H3,(H2,24,29)(H,25,26,27). The van der Waals surface area contributed by atoms with E-state index in [1.165, 1.54) is 0 Å². The number of fused-ring (bicyclic) bond motifs is 1. The molecule has 4 rings (SSSR count). The molecular weight excluding hydrogens is 393 g/mol.